The van der Waals surface area contributed by atoms with Gasteiger partial charge in [-0.15, -0.1) is 24.8 Å². The minimum Gasteiger partial charge on any atom is -0.506 e. The maximum atomic E-state index is 12.1. The summed E-state index contributed by atoms with van der Waals surface area (Å²) in [7, 11) is 0.960. The maximum absolute atomic E-state index is 12.1. The summed E-state index contributed by atoms with van der Waals surface area (Å²) < 4.78 is 44.2. The summed E-state index contributed by atoms with van der Waals surface area (Å²) in [6.45, 7) is 0. The molecule has 1 aromatic rings. The lowest BCUT2D eigenvalue weighted by Gasteiger charge is -2.14. The normalized spacial score (nSPS) is 11.2. The Morgan fingerprint density at radius 3 is 2.61 bits per heavy atom. The van der Waals surface area contributed by atoms with Crippen LogP contribution in [0.4, 0.5) is 13.2 Å². The van der Waals surface area contributed by atoms with E-state index in [9.17, 15) is 23.1 Å². The number of methoxy groups -OCH3 is 1. The zero-order valence-electron chi connectivity index (χ0n) is 8.92. The molecule has 5 nitrogen and oxygen atoms in total. The Labute approximate surface area is 104 Å². The number of hydrogen-bond acceptors (Lipinski definition) is 5. The number of carbonyl (C=O) groups excluding carboxylic acids is 1. The minimum atomic E-state index is -5.03. The highest BCUT2D eigenvalue weighted by atomic mass is 35.5. The number of halogens is 4. The highest BCUT2D eigenvalue weighted by Gasteiger charge is 2.35. The largest absolute Gasteiger partial charge is 0.574 e. The molecule has 9 heteroatoms. The van der Waals surface area contributed by atoms with Crippen LogP contribution < -0.4 is 4.74 Å². The summed E-state index contributed by atoms with van der Waals surface area (Å²) in [4.78, 5) is 14.6. The zero-order chi connectivity index (χ0) is 13.9. The molecule has 100 valence electrons. The molecule has 18 heavy (non-hydrogen) atoms. The summed E-state index contributed by atoms with van der Waals surface area (Å²) in [6, 6.07) is 0. The molecule has 0 aliphatic rings. The number of rotatable bonds is 3. The first-order valence-electron chi connectivity index (χ1n) is 4.41. The van der Waals surface area contributed by atoms with Crippen LogP contribution >= 0.6 is 11.6 Å². The van der Waals surface area contributed by atoms with Crippen molar-refractivity contribution in [2.45, 2.75) is 12.2 Å². The number of alkyl halides is 4. The first kappa shape index (κ1) is 14.4. The Kier molecular flexibility index (Phi) is 4.23. The van der Waals surface area contributed by atoms with Crippen LogP contribution in [0.2, 0.25) is 0 Å². The van der Waals surface area contributed by atoms with Crippen molar-refractivity contribution in [2.75, 3.05) is 7.11 Å². The molecule has 0 saturated heterocycles. The predicted octanol–water partition coefficient (Wildman–Crippen LogP) is 2.21. The number of aromatic hydroxyl groups is 1. The van der Waals surface area contributed by atoms with Gasteiger partial charge in [0.1, 0.15) is 11.3 Å². The van der Waals surface area contributed by atoms with E-state index in [-0.39, 0.29) is 5.56 Å². The van der Waals surface area contributed by atoms with Crippen molar-refractivity contribution in [3.8, 4) is 11.6 Å². The number of pyridine rings is 1. The smallest absolute Gasteiger partial charge is 0.506 e. The molecule has 0 atom stereocenters. The van der Waals surface area contributed by atoms with Gasteiger partial charge in [0, 0.05) is 5.56 Å². The fourth-order valence-corrected chi connectivity index (χ4v) is 1.42. The van der Waals surface area contributed by atoms with Gasteiger partial charge >= 0.3 is 12.3 Å². The molecule has 0 amide bonds. The molecule has 0 unspecified atom stereocenters. The summed E-state index contributed by atoms with van der Waals surface area (Å²) >= 11 is 5.45. The van der Waals surface area contributed by atoms with Gasteiger partial charge in [0.25, 0.3) is 0 Å². The lowest BCUT2D eigenvalue weighted by Crippen LogP contribution is -2.21. The topological polar surface area (TPSA) is 68.7 Å². The Morgan fingerprint density at radius 2 is 2.17 bits per heavy atom. The van der Waals surface area contributed by atoms with Crippen molar-refractivity contribution in [1.29, 1.82) is 0 Å². The van der Waals surface area contributed by atoms with E-state index in [1.165, 1.54) is 0 Å². The number of carbonyl (C=O) groups is 1. The Morgan fingerprint density at radius 1 is 1.56 bits per heavy atom. The van der Waals surface area contributed by atoms with Gasteiger partial charge in [0.05, 0.1) is 19.2 Å². The molecule has 1 heterocycles. The average Bonchev–Trinajstić information content (AvgIpc) is 2.28. The van der Waals surface area contributed by atoms with Gasteiger partial charge in [0.2, 0.25) is 5.88 Å². The van der Waals surface area contributed by atoms with E-state index in [0.717, 1.165) is 7.11 Å². The Balaban J connectivity index is 3.38. The van der Waals surface area contributed by atoms with Crippen LogP contribution in [0, 0.1) is 0 Å². The standard InChI is InChI=1S/C9H7ClF3NO4/c1-17-8(16)6-4(2-10)5(15)3-14-7(6)18-9(11,12)13/h3,15H,2H2,1H3. The molecule has 1 N–H and O–H groups in total. The molecule has 0 aliphatic heterocycles. The summed E-state index contributed by atoms with van der Waals surface area (Å²) in [5.41, 5.74) is -0.914. The highest BCUT2D eigenvalue weighted by Crippen LogP contribution is 2.32. The summed E-state index contributed by atoms with van der Waals surface area (Å²) in [5, 5.41) is 9.37. The van der Waals surface area contributed by atoms with Crippen LogP contribution in [-0.2, 0) is 10.6 Å². The van der Waals surface area contributed by atoms with Crippen LogP contribution in [-0.4, -0.2) is 29.5 Å². The first-order valence-corrected chi connectivity index (χ1v) is 4.94. The molecule has 0 bridgehead atoms. The molecule has 1 aromatic heterocycles. The summed E-state index contributed by atoms with van der Waals surface area (Å²) in [5.74, 6) is -3.11. The quantitative estimate of drug-likeness (QED) is 0.681. The van der Waals surface area contributed by atoms with E-state index in [1.807, 2.05) is 0 Å². The number of ether oxygens (including phenoxy) is 2. The van der Waals surface area contributed by atoms with Crippen molar-refractivity contribution >= 4 is 17.6 Å². The molecular formula is C9H7ClF3NO4. The van der Waals surface area contributed by atoms with E-state index in [0.29, 0.717) is 6.20 Å². The maximum Gasteiger partial charge on any atom is 0.574 e. The fourth-order valence-electron chi connectivity index (χ4n) is 1.15. The SMILES string of the molecule is COC(=O)c1c(OC(F)(F)F)ncc(O)c1CCl. The van der Waals surface area contributed by atoms with Crippen molar-refractivity contribution in [3.63, 3.8) is 0 Å². The van der Waals surface area contributed by atoms with Crippen LogP contribution in [0.25, 0.3) is 0 Å². The molecule has 0 radical (unpaired) electrons. The second-order valence-electron chi connectivity index (χ2n) is 2.98. The van der Waals surface area contributed by atoms with E-state index < -0.39 is 35.4 Å². The molecule has 0 aliphatic carbocycles. The van der Waals surface area contributed by atoms with Crippen molar-refractivity contribution in [2.24, 2.45) is 0 Å². The van der Waals surface area contributed by atoms with Crippen LogP contribution in [0.5, 0.6) is 11.6 Å². The molecule has 0 fully saturated rings. The Bertz CT molecular complexity index is 464. The third kappa shape index (κ3) is 3.16. The lowest BCUT2D eigenvalue weighted by molar-refractivity contribution is -0.276. The third-order valence-electron chi connectivity index (χ3n) is 1.86. The molecule has 1 rings (SSSR count). The lowest BCUT2D eigenvalue weighted by atomic mass is 10.1. The highest BCUT2D eigenvalue weighted by molar-refractivity contribution is 6.18. The van der Waals surface area contributed by atoms with Crippen molar-refractivity contribution in [1.82, 2.24) is 4.98 Å². The monoisotopic (exact) mass is 285 g/mol. The van der Waals surface area contributed by atoms with Crippen molar-refractivity contribution in [3.05, 3.63) is 17.3 Å². The second-order valence-corrected chi connectivity index (χ2v) is 3.24. The predicted molar refractivity (Wildman–Crippen MR) is 53.5 cm³/mol. The fraction of sp³-hybridized carbons (Fsp3) is 0.333. The van der Waals surface area contributed by atoms with Crippen LogP contribution in [0.15, 0.2) is 6.20 Å². The molecule has 0 saturated carbocycles. The van der Waals surface area contributed by atoms with Crippen LogP contribution in [0.3, 0.4) is 0 Å². The van der Waals surface area contributed by atoms with Gasteiger partial charge in [-0.05, 0) is 0 Å². The number of hydrogen-bond donors (Lipinski definition) is 1. The van der Waals surface area contributed by atoms with Gasteiger partial charge in [0.15, 0.2) is 0 Å². The second kappa shape index (κ2) is 5.30. The van der Waals surface area contributed by atoms with E-state index in [1.54, 1.807) is 0 Å². The number of nitrogens with zero attached hydrogens (tertiary/aromatic N) is 1. The van der Waals surface area contributed by atoms with Crippen LogP contribution in [0.1, 0.15) is 15.9 Å². The zero-order valence-corrected chi connectivity index (χ0v) is 9.67. The average molecular weight is 286 g/mol. The first-order chi connectivity index (χ1) is 8.30. The van der Waals surface area contributed by atoms with Gasteiger partial charge in [-0.3, -0.25) is 0 Å². The van der Waals surface area contributed by atoms with Gasteiger partial charge in [-0.25, -0.2) is 9.78 Å². The van der Waals surface area contributed by atoms with Gasteiger partial charge < -0.3 is 14.6 Å². The van der Waals surface area contributed by atoms with E-state index in [4.69, 9.17) is 11.6 Å². The molecule has 0 aromatic carbocycles. The minimum absolute atomic E-state index is 0.252. The van der Waals surface area contributed by atoms with E-state index in [2.05, 4.69) is 14.5 Å². The molecule has 0 spiro atoms. The number of aromatic nitrogens is 1. The van der Waals surface area contributed by atoms with Crippen molar-refractivity contribution < 1.29 is 32.5 Å². The third-order valence-corrected chi connectivity index (χ3v) is 2.13. The molecular weight excluding hydrogens is 279 g/mol. The Hall–Kier alpha value is -1.70. The number of esters is 1. The summed E-state index contributed by atoms with van der Waals surface area (Å²) in [6.07, 6.45) is -4.33. The van der Waals surface area contributed by atoms with Gasteiger partial charge in [-0.2, -0.15) is 0 Å². The van der Waals surface area contributed by atoms with Gasteiger partial charge in [-0.1, -0.05) is 0 Å². The van der Waals surface area contributed by atoms with E-state index >= 15 is 0 Å².